The lowest BCUT2D eigenvalue weighted by Crippen LogP contribution is -2.63. The van der Waals surface area contributed by atoms with Gasteiger partial charge in [0.2, 0.25) is 0 Å². The van der Waals surface area contributed by atoms with Crippen molar-refractivity contribution in [2.24, 2.45) is 5.10 Å². The van der Waals surface area contributed by atoms with E-state index in [0.717, 1.165) is 12.1 Å². The first-order valence-electron chi connectivity index (χ1n) is 7.71. The van der Waals surface area contributed by atoms with Crippen LogP contribution in [-0.4, -0.2) is 69.0 Å². The number of hydrazone groups is 1. The monoisotopic (exact) mass is 409 g/mol. The minimum Gasteiger partial charge on any atom is -0.394 e. The highest BCUT2D eigenvalue weighted by Crippen LogP contribution is 2.28. The molecule has 0 aromatic heterocycles. The maximum Gasteiger partial charge on any atom is 0.416 e. The van der Waals surface area contributed by atoms with Crippen molar-refractivity contribution in [1.82, 2.24) is 10.7 Å². The summed E-state index contributed by atoms with van der Waals surface area (Å²) in [6.07, 6.45) is -10.1. The van der Waals surface area contributed by atoms with E-state index in [-0.39, 0.29) is 5.11 Å². The summed E-state index contributed by atoms with van der Waals surface area (Å²) < 4.78 is 42.7. The number of aliphatic hydroxyl groups is 4. The van der Waals surface area contributed by atoms with Crippen LogP contribution in [0.25, 0.3) is 0 Å². The number of halogens is 3. The fourth-order valence-corrected chi connectivity index (χ4v) is 2.47. The zero-order valence-electron chi connectivity index (χ0n) is 13.7. The van der Waals surface area contributed by atoms with Gasteiger partial charge in [-0.1, -0.05) is 12.1 Å². The third kappa shape index (κ3) is 5.57. The Kier molecular flexibility index (Phi) is 7.08. The molecule has 6 N–H and O–H groups in total. The van der Waals surface area contributed by atoms with E-state index in [4.69, 9.17) is 22.1 Å². The molecule has 0 aliphatic carbocycles. The molecule has 1 aromatic carbocycles. The molecule has 1 aromatic rings. The fourth-order valence-electron chi connectivity index (χ4n) is 2.31. The van der Waals surface area contributed by atoms with Gasteiger partial charge < -0.3 is 30.5 Å². The van der Waals surface area contributed by atoms with Crippen molar-refractivity contribution in [3.8, 4) is 0 Å². The SMILES string of the molecule is OC[C@H]1O[C@@H](NC(=S)N/N=C/c2ccc(C(F)(F)F)cc2)[C@H](O)[C@@H](O)[C@@H]1O. The number of nitrogens with zero attached hydrogens (tertiary/aromatic N) is 1. The average Bonchev–Trinajstić information content (AvgIpc) is 2.62. The molecule has 150 valence electrons. The van der Waals surface area contributed by atoms with Gasteiger partial charge in [0.1, 0.15) is 24.4 Å². The zero-order valence-corrected chi connectivity index (χ0v) is 14.5. The third-order valence-corrected chi connectivity index (χ3v) is 3.99. The van der Waals surface area contributed by atoms with Crippen molar-refractivity contribution in [2.75, 3.05) is 6.61 Å². The summed E-state index contributed by atoms with van der Waals surface area (Å²) in [5.74, 6) is 0. The van der Waals surface area contributed by atoms with Gasteiger partial charge in [0.25, 0.3) is 0 Å². The van der Waals surface area contributed by atoms with Crippen LogP contribution in [-0.2, 0) is 10.9 Å². The average molecular weight is 409 g/mol. The first kappa shape index (κ1) is 21.5. The van der Waals surface area contributed by atoms with E-state index in [2.05, 4.69) is 15.8 Å². The van der Waals surface area contributed by atoms with E-state index in [1.807, 2.05) is 0 Å². The summed E-state index contributed by atoms with van der Waals surface area (Å²) in [6, 6.07) is 4.27. The van der Waals surface area contributed by atoms with Crippen molar-refractivity contribution < 1.29 is 38.3 Å². The van der Waals surface area contributed by atoms with Crippen molar-refractivity contribution in [1.29, 1.82) is 0 Å². The van der Waals surface area contributed by atoms with Crippen molar-refractivity contribution in [2.45, 2.75) is 36.8 Å². The van der Waals surface area contributed by atoms with Crippen LogP contribution in [0.4, 0.5) is 13.2 Å². The van der Waals surface area contributed by atoms with Gasteiger partial charge in [-0.2, -0.15) is 18.3 Å². The Labute approximate surface area is 157 Å². The molecule has 0 saturated carbocycles. The van der Waals surface area contributed by atoms with Crippen LogP contribution in [0.3, 0.4) is 0 Å². The number of nitrogens with one attached hydrogen (secondary N) is 2. The molecule has 12 heteroatoms. The molecule has 0 bridgehead atoms. The lowest BCUT2D eigenvalue weighted by Gasteiger charge is -2.40. The van der Waals surface area contributed by atoms with Gasteiger partial charge >= 0.3 is 6.18 Å². The van der Waals surface area contributed by atoms with Gasteiger partial charge in [0.05, 0.1) is 18.4 Å². The summed E-state index contributed by atoms with van der Waals surface area (Å²) in [5, 5.41) is 44.5. The largest absolute Gasteiger partial charge is 0.416 e. The first-order valence-corrected chi connectivity index (χ1v) is 8.11. The second-order valence-electron chi connectivity index (χ2n) is 5.71. The maximum absolute atomic E-state index is 12.5. The van der Waals surface area contributed by atoms with Crippen LogP contribution < -0.4 is 10.7 Å². The smallest absolute Gasteiger partial charge is 0.394 e. The van der Waals surface area contributed by atoms with Gasteiger partial charge in [0, 0.05) is 0 Å². The number of hydrogen-bond acceptors (Lipinski definition) is 7. The van der Waals surface area contributed by atoms with E-state index in [9.17, 15) is 28.5 Å². The molecular formula is C15H18F3N3O5S. The summed E-state index contributed by atoms with van der Waals surface area (Å²) in [7, 11) is 0. The minimum atomic E-state index is -4.43. The van der Waals surface area contributed by atoms with E-state index in [0.29, 0.717) is 5.56 Å². The second kappa shape index (κ2) is 8.91. The molecule has 1 heterocycles. The molecule has 0 radical (unpaired) electrons. The summed E-state index contributed by atoms with van der Waals surface area (Å²) >= 11 is 4.93. The highest BCUT2D eigenvalue weighted by Gasteiger charge is 2.43. The highest BCUT2D eigenvalue weighted by atomic mass is 32.1. The molecule has 1 aliphatic rings. The molecule has 1 aliphatic heterocycles. The fraction of sp³-hybridized carbons (Fsp3) is 0.467. The van der Waals surface area contributed by atoms with Gasteiger partial charge in [-0.15, -0.1) is 0 Å². The number of rotatable bonds is 4. The van der Waals surface area contributed by atoms with Crippen LogP contribution in [0.15, 0.2) is 29.4 Å². The number of thiocarbonyl (C=S) groups is 1. The molecule has 5 atom stereocenters. The standard InChI is InChI=1S/C15H18F3N3O5S/c16-15(17,18)8-3-1-7(2-4-8)5-19-21-14(27)20-13-12(25)11(24)10(23)9(6-22)26-13/h1-5,9-13,22-25H,6H2,(H2,20,21,27)/b19-5+/t9-,10-,11+,12-,13-/m1/s1. The third-order valence-electron chi connectivity index (χ3n) is 3.78. The first-order chi connectivity index (χ1) is 12.6. The van der Waals surface area contributed by atoms with Crippen LogP contribution in [0.1, 0.15) is 11.1 Å². The Bertz CT molecular complexity index is 672. The molecule has 0 unspecified atom stereocenters. The van der Waals surface area contributed by atoms with Crippen LogP contribution >= 0.6 is 12.2 Å². The highest BCUT2D eigenvalue weighted by molar-refractivity contribution is 7.80. The zero-order chi connectivity index (χ0) is 20.2. The molecule has 2 rings (SSSR count). The van der Waals surface area contributed by atoms with E-state index < -0.39 is 49.0 Å². The molecule has 1 saturated heterocycles. The van der Waals surface area contributed by atoms with Crippen molar-refractivity contribution >= 4 is 23.5 Å². The van der Waals surface area contributed by atoms with E-state index >= 15 is 0 Å². The topological polar surface area (TPSA) is 127 Å². The van der Waals surface area contributed by atoms with Crippen LogP contribution in [0.5, 0.6) is 0 Å². The Balaban J connectivity index is 1.89. The molecular weight excluding hydrogens is 391 g/mol. The molecule has 0 amide bonds. The molecule has 0 spiro atoms. The predicted octanol–water partition coefficient (Wildman–Crippen LogP) is -0.697. The summed E-state index contributed by atoms with van der Waals surface area (Å²) in [4.78, 5) is 0. The Morgan fingerprint density at radius 2 is 1.78 bits per heavy atom. The number of aliphatic hydroxyl groups excluding tert-OH is 4. The van der Waals surface area contributed by atoms with Crippen LogP contribution in [0, 0.1) is 0 Å². The Morgan fingerprint density at radius 1 is 1.15 bits per heavy atom. The lowest BCUT2D eigenvalue weighted by molar-refractivity contribution is -0.232. The molecule has 1 fully saturated rings. The van der Waals surface area contributed by atoms with Gasteiger partial charge in [-0.05, 0) is 29.9 Å². The predicted molar refractivity (Wildman–Crippen MR) is 91.7 cm³/mol. The Hall–Kier alpha value is -1.83. The number of benzene rings is 1. The summed E-state index contributed by atoms with van der Waals surface area (Å²) in [5.41, 5.74) is 1.97. The van der Waals surface area contributed by atoms with Gasteiger partial charge in [0.15, 0.2) is 11.3 Å². The maximum atomic E-state index is 12.5. The van der Waals surface area contributed by atoms with Crippen molar-refractivity contribution in [3.05, 3.63) is 35.4 Å². The normalized spacial score (nSPS) is 28.9. The number of alkyl halides is 3. The quantitative estimate of drug-likeness (QED) is 0.219. The minimum absolute atomic E-state index is 0.123. The lowest BCUT2D eigenvalue weighted by atomic mass is 9.98. The Morgan fingerprint density at radius 3 is 2.33 bits per heavy atom. The van der Waals surface area contributed by atoms with Gasteiger partial charge in [-0.25, -0.2) is 0 Å². The summed E-state index contributed by atoms with van der Waals surface area (Å²) in [6.45, 7) is -0.588. The number of hydrogen-bond donors (Lipinski definition) is 6. The van der Waals surface area contributed by atoms with E-state index in [1.165, 1.54) is 18.3 Å². The molecule has 27 heavy (non-hydrogen) atoms. The van der Waals surface area contributed by atoms with Crippen molar-refractivity contribution in [3.63, 3.8) is 0 Å². The van der Waals surface area contributed by atoms with E-state index in [1.54, 1.807) is 0 Å². The van der Waals surface area contributed by atoms with Crippen LogP contribution in [0.2, 0.25) is 0 Å². The molecule has 8 nitrogen and oxygen atoms in total. The number of ether oxygens (including phenoxy) is 1. The second-order valence-corrected chi connectivity index (χ2v) is 6.12. The van der Waals surface area contributed by atoms with Gasteiger partial charge in [-0.3, -0.25) is 5.43 Å².